The SMILES string of the molecule is CCN(Cc1ccc(F)c(/C=C/C(=O)O)c1)C(C)C. The van der Waals surface area contributed by atoms with Crippen molar-refractivity contribution in [1.29, 1.82) is 0 Å². The second-order valence-electron chi connectivity index (χ2n) is 4.68. The van der Waals surface area contributed by atoms with Crippen molar-refractivity contribution >= 4 is 12.0 Å². The first-order valence-electron chi connectivity index (χ1n) is 6.37. The summed E-state index contributed by atoms with van der Waals surface area (Å²) in [6, 6.07) is 5.22. The Morgan fingerprint density at radius 2 is 2.16 bits per heavy atom. The summed E-state index contributed by atoms with van der Waals surface area (Å²) in [4.78, 5) is 12.7. The summed E-state index contributed by atoms with van der Waals surface area (Å²) in [6.07, 6.45) is 2.23. The van der Waals surface area contributed by atoms with Crippen LogP contribution < -0.4 is 0 Å². The van der Waals surface area contributed by atoms with Gasteiger partial charge in [-0.05, 0) is 44.2 Å². The molecule has 19 heavy (non-hydrogen) atoms. The van der Waals surface area contributed by atoms with E-state index in [2.05, 4.69) is 25.7 Å². The van der Waals surface area contributed by atoms with E-state index in [1.54, 1.807) is 12.1 Å². The van der Waals surface area contributed by atoms with Crippen molar-refractivity contribution in [2.45, 2.75) is 33.4 Å². The summed E-state index contributed by atoms with van der Waals surface area (Å²) in [5.41, 5.74) is 1.28. The maximum absolute atomic E-state index is 13.5. The minimum Gasteiger partial charge on any atom is -0.478 e. The maximum Gasteiger partial charge on any atom is 0.328 e. The average molecular weight is 265 g/mol. The van der Waals surface area contributed by atoms with Gasteiger partial charge in [-0.25, -0.2) is 9.18 Å². The van der Waals surface area contributed by atoms with Gasteiger partial charge in [0.15, 0.2) is 0 Å². The van der Waals surface area contributed by atoms with Gasteiger partial charge in [-0.2, -0.15) is 0 Å². The summed E-state index contributed by atoms with van der Waals surface area (Å²) in [7, 11) is 0. The lowest BCUT2D eigenvalue weighted by Gasteiger charge is -2.24. The normalized spacial score (nSPS) is 11.7. The molecule has 0 aliphatic carbocycles. The highest BCUT2D eigenvalue weighted by atomic mass is 19.1. The number of aliphatic carboxylic acids is 1. The highest BCUT2D eigenvalue weighted by Gasteiger charge is 2.09. The lowest BCUT2D eigenvalue weighted by atomic mass is 10.1. The topological polar surface area (TPSA) is 40.5 Å². The van der Waals surface area contributed by atoms with E-state index in [1.165, 1.54) is 12.1 Å². The molecule has 1 rings (SSSR count). The van der Waals surface area contributed by atoms with Gasteiger partial charge >= 0.3 is 5.97 Å². The van der Waals surface area contributed by atoms with Gasteiger partial charge in [0.2, 0.25) is 0 Å². The Balaban J connectivity index is 2.92. The van der Waals surface area contributed by atoms with Crippen molar-refractivity contribution in [3.8, 4) is 0 Å². The average Bonchev–Trinajstić information content (AvgIpc) is 2.35. The zero-order valence-corrected chi connectivity index (χ0v) is 11.6. The van der Waals surface area contributed by atoms with Crippen LogP contribution in [-0.2, 0) is 11.3 Å². The molecule has 0 heterocycles. The van der Waals surface area contributed by atoms with E-state index in [0.29, 0.717) is 11.6 Å². The number of hydrogen-bond donors (Lipinski definition) is 1. The van der Waals surface area contributed by atoms with Crippen molar-refractivity contribution in [2.24, 2.45) is 0 Å². The highest BCUT2D eigenvalue weighted by Crippen LogP contribution is 2.15. The van der Waals surface area contributed by atoms with Crippen LogP contribution in [0, 0.1) is 5.82 Å². The lowest BCUT2D eigenvalue weighted by molar-refractivity contribution is -0.131. The van der Waals surface area contributed by atoms with E-state index >= 15 is 0 Å². The second kappa shape index (κ2) is 7.04. The molecule has 0 fully saturated rings. The molecule has 0 saturated heterocycles. The van der Waals surface area contributed by atoms with Gasteiger partial charge in [0.25, 0.3) is 0 Å². The van der Waals surface area contributed by atoms with Crippen molar-refractivity contribution < 1.29 is 14.3 Å². The van der Waals surface area contributed by atoms with Gasteiger partial charge in [-0.15, -0.1) is 0 Å². The molecular weight excluding hydrogens is 245 g/mol. The van der Waals surface area contributed by atoms with E-state index in [1.807, 2.05) is 0 Å². The molecule has 0 aliphatic heterocycles. The van der Waals surface area contributed by atoms with Crippen LogP contribution in [0.3, 0.4) is 0 Å². The number of rotatable bonds is 6. The molecule has 0 saturated carbocycles. The number of benzene rings is 1. The number of carbonyl (C=O) groups is 1. The van der Waals surface area contributed by atoms with Crippen LogP contribution >= 0.6 is 0 Å². The molecular formula is C15H20FNO2. The molecule has 0 radical (unpaired) electrons. The third kappa shape index (κ3) is 4.83. The largest absolute Gasteiger partial charge is 0.478 e. The molecule has 0 amide bonds. The van der Waals surface area contributed by atoms with E-state index < -0.39 is 11.8 Å². The molecule has 104 valence electrons. The molecule has 3 nitrogen and oxygen atoms in total. The van der Waals surface area contributed by atoms with Gasteiger partial charge in [0.05, 0.1) is 0 Å². The Bertz CT molecular complexity index is 469. The molecule has 0 bridgehead atoms. The van der Waals surface area contributed by atoms with Crippen LogP contribution in [-0.4, -0.2) is 28.6 Å². The Hall–Kier alpha value is -1.68. The lowest BCUT2D eigenvalue weighted by Crippen LogP contribution is -2.29. The molecule has 1 aromatic carbocycles. The first-order chi connectivity index (χ1) is 8.93. The van der Waals surface area contributed by atoms with Crippen molar-refractivity contribution in [2.75, 3.05) is 6.54 Å². The van der Waals surface area contributed by atoms with Gasteiger partial charge in [0, 0.05) is 24.2 Å². The summed E-state index contributed by atoms with van der Waals surface area (Å²) >= 11 is 0. The summed E-state index contributed by atoms with van der Waals surface area (Å²) < 4.78 is 13.5. The number of hydrogen-bond acceptors (Lipinski definition) is 2. The molecule has 1 N–H and O–H groups in total. The molecule has 4 heteroatoms. The van der Waals surface area contributed by atoms with Crippen LogP contribution in [0.5, 0.6) is 0 Å². The first-order valence-corrected chi connectivity index (χ1v) is 6.37. The zero-order chi connectivity index (χ0) is 14.4. The maximum atomic E-state index is 13.5. The fraction of sp³-hybridized carbons (Fsp3) is 0.400. The Labute approximate surface area is 113 Å². The van der Waals surface area contributed by atoms with Crippen LogP contribution in [0.25, 0.3) is 6.08 Å². The Morgan fingerprint density at radius 3 is 2.68 bits per heavy atom. The number of carboxylic acids is 1. The van der Waals surface area contributed by atoms with E-state index in [9.17, 15) is 9.18 Å². The second-order valence-corrected chi connectivity index (χ2v) is 4.68. The summed E-state index contributed by atoms with van der Waals surface area (Å²) in [5.74, 6) is -1.49. The van der Waals surface area contributed by atoms with Gasteiger partial charge in [0.1, 0.15) is 5.82 Å². The molecule has 0 spiro atoms. The van der Waals surface area contributed by atoms with Crippen LogP contribution in [0.1, 0.15) is 31.9 Å². The number of carboxylic acid groups (broad SMARTS) is 1. The molecule has 0 aliphatic rings. The monoisotopic (exact) mass is 265 g/mol. The smallest absolute Gasteiger partial charge is 0.328 e. The zero-order valence-electron chi connectivity index (χ0n) is 11.6. The van der Waals surface area contributed by atoms with Crippen molar-refractivity contribution in [3.05, 3.63) is 41.2 Å². The van der Waals surface area contributed by atoms with Crippen molar-refractivity contribution in [3.63, 3.8) is 0 Å². The molecule has 1 aromatic rings. The minimum atomic E-state index is -1.08. The highest BCUT2D eigenvalue weighted by molar-refractivity contribution is 5.85. The van der Waals surface area contributed by atoms with Crippen LogP contribution in [0.15, 0.2) is 24.3 Å². The van der Waals surface area contributed by atoms with Crippen molar-refractivity contribution in [1.82, 2.24) is 4.90 Å². The molecule has 0 atom stereocenters. The standard InChI is InChI=1S/C15H20FNO2/c1-4-17(11(2)3)10-12-5-7-14(16)13(9-12)6-8-15(18)19/h5-9,11H,4,10H2,1-3H3,(H,18,19)/b8-6+. The van der Waals surface area contributed by atoms with Crippen LogP contribution in [0.2, 0.25) is 0 Å². The summed E-state index contributed by atoms with van der Waals surface area (Å²) in [6.45, 7) is 7.93. The number of nitrogens with zero attached hydrogens (tertiary/aromatic N) is 1. The predicted molar refractivity (Wildman–Crippen MR) is 74.3 cm³/mol. The summed E-state index contributed by atoms with van der Waals surface area (Å²) in [5, 5.41) is 8.57. The minimum absolute atomic E-state index is 0.305. The first kappa shape index (κ1) is 15.4. The molecule has 0 unspecified atom stereocenters. The van der Waals surface area contributed by atoms with Gasteiger partial charge in [-0.3, -0.25) is 4.90 Å². The third-order valence-corrected chi connectivity index (χ3v) is 2.99. The number of halogens is 1. The Morgan fingerprint density at radius 1 is 1.47 bits per heavy atom. The molecule has 0 aromatic heterocycles. The predicted octanol–water partition coefficient (Wildman–Crippen LogP) is 3.15. The van der Waals surface area contributed by atoms with Gasteiger partial charge < -0.3 is 5.11 Å². The van der Waals surface area contributed by atoms with E-state index in [0.717, 1.165) is 24.7 Å². The van der Waals surface area contributed by atoms with Gasteiger partial charge in [-0.1, -0.05) is 13.0 Å². The van der Waals surface area contributed by atoms with E-state index in [4.69, 9.17) is 5.11 Å². The van der Waals surface area contributed by atoms with Crippen LogP contribution in [0.4, 0.5) is 4.39 Å². The third-order valence-electron chi connectivity index (χ3n) is 2.99. The fourth-order valence-corrected chi connectivity index (χ4v) is 1.87. The fourth-order valence-electron chi connectivity index (χ4n) is 1.87. The Kier molecular flexibility index (Phi) is 5.70. The quantitative estimate of drug-likeness (QED) is 0.803. The van der Waals surface area contributed by atoms with E-state index in [-0.39, 0.29) is 0 Å².